The zero-order valence-electron chi connectivity index (χ0n) is 11.3. The van der Waals surface area contributed by atoms with Crippen molar-refractivity contribution >= 4 is 11.6 Å². The maximum atomic E-state index is 12.5. The van der Waals surface area contributed by atoms with Crippen molar-refractivity contribution in [3.05, 3.63) is 29.8 Å². The number of aliphatic hydroxyl groups excluding tert-OH is 2. The van der Waals surface area contributed by atoms with Crippen molar-refractivity contribution < 1.29 is 19.7 Å². The second kappa shape index (κ2) is 7.23. The van der Waals surface area contributed by atoms with Crippen LogP contribution in [-0.4, -0.2) is 66.6 Å². The van der Waals surface area contributed by atoms with Crippen LogP contribution in [0.4, 0.5) is 5.69 Å². The number of para-hydroxylation sites is 1. The highest BCUT2D eigenvalue weighted by Crippen LogP contribution is 2.18. The van der Waals surface area contributed by atoms with Crippen LogP contribution >= 0.6 is 0 Å². The van der Waals surface area contributed by atoms with Gasteiger partial charge in [0, 0.05) is 25.3 Å². The van der Waals surface area contributed by atoms with Gasteiger partial charge in [-0.2, -0.15) is 0 Å². The summed E-state index contributed by atoms with van der Waals surface area (Å²) in [5, 5.41) is 21.2. The SMILES string of the molecule is O=C(c1ccccc1NCC(O)CO)N1CCOCC1. The fourth-order valence-electron chi connectivity index (χ4n) is 2.05. The summed E-state index contributed by atoms with van der Waals surface area (Å²) in [5.74, 6) is -0.0464. The van der Waals surface area contributed by atoms with Crippen LogP contribution in [-0.2, 0) is 4.74 Å². The number of rotatable bonds is 5. The molecule has 1 heterocycles. The summed E-state index contributed by atoms with van der Waals surface area (Å²) in [6.45, 7) is 2.18. The number of anilines is 1. The zero-order valence-corrected chi connectivity index (χ0v) is 11.3. The Hall–Kier alpha value is -1.63. The molecule has 1 unspecified atom stereocenters. The lowest BCUT2D eigenvalue weighted by Gasteiger charge is -2.27. The largest absolute Gasteiger partial charge is 0.394 e. The van der Waals surface area contributed by atoms with E-state index < -0.39 is 6.10 Å². The van der Waals surface area contributed by atoms with Gasteiger partial charge in [-0.1, -0.05) is 12.1 Å². The Balaban J connectivity index is 2.08. The molecule has 1 aromatic rings. The van der Waals surface area contributed by atoms with Gasteiger partial charge >= 0.3 is 0 Å². The number of benzene rings is 1. The molecule has 1 aromatic carbocycles. The van der Waals surface area contributed by atoms with Crippen LogP contribution in [0, 0.1) is 0 Å². The smallest absolute Gasteiger partial charge is 0.256 e. The first kappa shape index (κ1) is 14.8. The summed E-state index contributed by atoms with van der Waals surface area (Å²) < 4.78 is 5.24. The van der Waals surface area contributed by atoms with E-state index in [1.165, 1.54) is 0 Å². The van der Waals surface area contributed by atoms with Crippen LogP contribution in [0.5, 0.6) is 0 Å². The van der Waals surface area contributed by atoms with Crippen LogP contribution in [0.25, 0.3) is 0 Å². The molecule has 0 spiro atoms. The number of morpholine rings is 1. The molecule has 1 amide bonds. The zero-order chi connectivity index (χ0) is 14.4. The lowest BCUT2D eigenvalue weighted by Crippen LogP contribution is -2.41. The molecule has 20 heavy (non-hydrogen) atoms. The first-order valence-electron chi connectivity index (χ1n) is 6.71. The Morgan fingerprint density at radius 1 is 1.35 bits per heavy atom. The molecule has 0 aliphatic carbocycles. The predicted molar refractivity (Wildman–Crippen MR) is 74.7 cm³/mol. The van der Waals surface area contributed by atoms with Gasteiger partial charge in [0.05, 0.1) is 31.5 Å². The average molecular weight is 280 g/mol. The molecule has 1 saturated heterocycles. The van der Waals surface area contributed by atoms with E-state index in [1.807, 2.05) is 6.07 Å². The van der Waals surface area contributed by atoms with Gasteiger partial charge in [0.15, 0.2) is 0 Å². The molecule has 3 N–H and O–H groups in total. The molecule has 6 heteroatoms. The minimum absolute atomic E-state index is 0.0464. The van der Waals surface area contributed by atoms with Crippen molar-refractivity contribution in [1.82, 2.24) is 4.90 Å². The molecular weight excluding hydrogens is 260 g/mol. The molecule has 2 rings (SSSR count). The fourth-order valence-corrected chi connectivity index (χ4v) is 2.05. The van der Waals surface area contributed by atoms with E-state index in [0.29, 0.717) is 37.6 Å². The molecule has 0 radical (unpaired) electrons. The molecule has 0 bridgehead atoms. The van der Waals surface area contributed by atoms with Gasteiger partial charge in [-0.15, -0.1) is 0 Å². The van der Waals surface area contributed by atoms with Gasteiger partial charge in [0.2, 0.25) is 0 Å². The normalized spacial score (nSPS) is 16.8. The van der Waals surface area contributed by atoms with E-state index in [2.05, 4.69) is 5.32 Å². The highest BCUT2D eigenvalue weighted by Gasteiger charge is 2.20. The summed E-state index contributed by atoms with van der Waals surface area (Å²) >= 11 is 0. The number of nitrogens with zero attached hydrogens (tertiary/aromatic N) is 1. The van der Waals surface area contributed by atoms with Gasteiger partial charge in [0.1, 0.15) is 0 Å². The van der Waals surface area contributed by atoms with Crippen LogP contribution in [0.1, 0.15) is 10.4 Å². The van der Waals surface area contributed by atoms with E-state index in [0.717, 1.165) is 0 Å². The Bertz CT molecular complexity index is 447. The standard InChI is InChI=1S/C14H20N2O4/c17-10-11(18)9-15-13-4-2-1-3-12(13)14(19)16-5-7-20-8-6-16/h1-4,11,15,17-18H,5-10H2. The number of nitrogens with one attached hydrogen (secondary N) is 1. The third kappa shape index (κ3) is 3.69. The number of carbonyl (C=O) groups excluding carboxylic acids is 1. The molecule has 0 aromatic heterocycles. The molecule has 1 aliphatic rings. The topological polar surface area (TPSA) is 82.0 Å². The first-order chi connectivity index (χ1) is 9.72. The monoisotopic (exact) mass is 280 g/mol. The van der Waals surface area contributed by atoms with E-state index in [9.17, 15) is 9.90 Å². The fraction of sp³-hybridized carbons (Fsp3) is 0.500. The number of carbonyl (C=O) groups is 1. The second-order valence-electron chi connectivity index (χ2n) is 4.67. The number of hydrogen-bond donors (Lipinski definition) is 3. The second-order valence-corrected chi connectivity index (χ2v) is 4.67. The Labute approximate surface area is 118 Å². The Morgan fingerprint density at radius 2 is 2.05 bits per heavy atom. The van der Waals surface area contributed by atoms with Crippen molar-refractivity contribution in [2.45, 2.75) is 6.10 Å². The van der Waals surface area contributed by atoms with Gasteiger partial charge in [-0.05, 0) is 12.1 Å². The highest BCUT2D eigenvalue weighted by molar-refractivity contribution is 5.99. The van der Waals surface area contributed by atoms with Gasteiger partial charge < -0.3 is 25.2 Å². The van der Waals surface area contributed by atoms with Crippen molar-refractivity contribution in [2.24, 2.45) is 0 Å². The molecule has 6 nitrogen and oxygen atoms in total. The minimum atomic E-state index is -0.846. The van der Waals surface area contributed by atoms with E-state index in [1.54, 1.807) is 23.1 Å². The van der Waals surface area contributed by atoms with Crippen LogP contribution in [0.3, 0.4) is 0 Å². The quantitative estimate of drug-likeness (QED) is 0.703. The van der Waals surface area contributed by atoms with Crippen molar-refractivity contribution in [2.75, 3.05) is 44.8 Å². The molecule has 1 atom stereocenters. The number of aliphatic hydroxyl groups is 2. The Kier molecular flexibility index (Phi) is 5.34. The average Bonchev–Trinajstić information content (AvgIpc) is 2.53. The number of amides is 1. The van der Waals surface area contributed by atoms with E-state index in [4.69, 9.17) is 9.84 Å². The Morgan fingerprint density at radius 3 is 2.75 bits per heavy atom. The number of ether oxygens (including phenoxy) is 1. The maximum Gasteiger partial charge on any atom is 0.256 e. The third-order valence-electron chi connectivity index (χ3n) is 3.19. The number of hydrogen-bond acceptors (Lipinski definition) is 5. The van der Waals surface area contributed by atoms with Gasteiger partial charge in [0.25, 0.3) is 5.91 Å². The highest BCUT2D eigenvalue weighted by atomic mass is 16.5. The maximum absolute atomic E-state index is 12.5. The minimum Gasteiger partial charge on any atom is -0.394 e. The molecular formula is C14H20N2O4. The lowest BCUT2D eigenvalue weighted by atomic mass is 10.1. The van der Waals surface area contributed by atoms with Crippen LogP contribution in [0.15, 0.2) is 24.3 Å². The summed E-state index contributed by atoms with van der Waals surface area (Å²) in [6, 6.07) is 7.17. The van der Waals surface area contributed by atoms with Crippen LogP contribution in [0.2, 0.25) is 0 Å². The summed E-state index contributed by atoms with van der Waals surface area (Å²) in [5.41, 5.74) is 1.23. The van der Waals surface area contributed by atoms with Crippen molar-refractivity contribution in [3.8, 4) is 0 Å². The third-order valence-corrected chi connectivity index (χ3v) is 3.19. The summed E-state index contributed by atoms with van der Waals surface area (Å²) in [4.78, 5) is 14.2. The first-order valence-corrected chi connectivity index (χ1v) is 6.71. The van der Waals surface area contributed by atoms with E-state index >= 15 is 0 Å². The van der Waals surface area contributed by atoms with Crippen LogP contribution < -0.4 is 5.32 Å². The van der Waals surface area contributed by atoms with Gasteiger partial charge in [-0.3, -0.25) is 4.79 Å². The molecule has 0 saturated carbocycles. The van der Waals surface area contributed by atoms with Crippen molar-refractivity contribution in [1.29, 1.82) is 0 Å². The summed E-state index contributed by atoms with van der Waals surface area (Å²) in [6.07, 6.45) is -0.846. The van der Waals surface area contributed by atoms with Gasteiger partial charge in [-0.25, -0.2) is 0 Å². The van der Waals surface area contributed by atoms with E-state index in [-0.39, 0.29) is 19.1 Å². The predicted octanol–water partition coefficient (Wildman–Crippen LogP) is -0.0759. The summed E-state index contributed by atoms with van der Waals surface area (Å²) in [7, 11) is 0. The molecule has 1 aliphatic heterocycles. The van der Waals surface area contributed by atoms with Crippen molar-refractivity contribution in [3.63, 3.8) is 0 Å². The lowest BCUT2D eigenvalue weighted by molar-refractivity contribution is 0.0303. The molecule has 110 valence electrons. The molecule has 1 fully saturated rings.